The number of rotatable bonds is 6. The van der Waals surface area contributed by atoms with Gasteiger partial charge in [0.2, 0.25) is 0 Å². The summed E-state index contributed by atoms with van der Waals surface area (Å²) in [4.78, 5) is 30.7. The van der Waals surface area contributed by atoms with E-state index in [1.165, 1.54) is 0 Å². The second-order valence-corrected chi connectivity index (χ2v) is 9.72. The Labute approximate surface area is 197 Å². The van der Waals surface area contributed by atoms with E-state index in [1.54, 1.807) is 36.0 Å². The number of urea groups is 1. The highest BCUT2D eigenvalue weighted by Crippen LogP contribution is 2.47. The maximum atomic E-state index is 13.7. The largest absolute Gasteiger partial charge is 0.322 e. The summed E-state index contributed by atoms with van der Waals surface area (Å²) in [5.74, 6) is 0.849. The SMILES string of the molecule is O=C(C[C@H]1[C@H]2CS[C@@H](c3ccccc3)N2C(=O)N1Cc1ccccc1)c1ccc(Cl)cc1. The summed E-state index contributed by atoms with van der Waals surface area (Å²) in [6, 6.07) is 26.9. The molecular weight excluding hydrogens is 440 g/mol. The monoisotopic (exact) mass is 462 g/mol. The molecule has 0 saturated carbocycles. The summed E-state index contributed by atoms with van der Waals surface area (Å²) in [7, 11) is 0. The maximum Gasteiger partial charge on any atom is 0.322 e. The highest BCUT2D eigenvalue weighted by molar-refractivity contribution is 7.99. The molecule has 2 amide bonds. The third-order valence-corrected chi connectivity index (χ3v) is 7.79. The summed E-state index contributed by atoms with van der Waals surface area (Å²) in [6.07, 6.45) is 0.295. The third-order valence-electron chi connectivity index (χ3n) is 6.19. The Morgan fingerprint density at radius 2 is 1.59 bits per heavy atom. The van der Waals surface area contributed by atoms with Gasteiger partial charge in [-0.15, -0.1) is 11.8 Å². The first kappa shape index (κ1) is 21.1. The van der Waals surface area contributed by atoms with Crippen molar-refractivity contribution in [2.24, 2.45) is 0 Å². The summed E-state index contributed by atoms with van der Waals surface area (Å²) in [6.45, 7) is 0.497. The second-order valence-electron chi connectivity index (χ2n) is 8.17. The second kappa shape index (κ2) is 9.00. The van der Waals surface area contributed by atoms with Crippen LogP contribution < -0.4 is 0 Å². The van der Waals surface area contributed by atoms with Crippen molar-refractivity contribution in [3.63, 3.8) is 0 Å². The molecule has 0 N–H and O–H groups in total. The van der Waals surface area contributed by atoms with Gasteiger partial charge >= 0.3 is 6.03 Å². The fourth-order valence-corrected chi connectivity index (χ4v) is 6.23. The van der Waals surface area contributed by atoms with Gasteiger partial charge < -0.3 is 9.80 Å². The quantitative estimate of drug-likeness (QED) is 0.420. The van der Waals surface area contributed by atoms with E-state index in [9.17, 15) is 9.59 Å². The van der Waals surface area contributed by atoms with Crippen LogP contribution >= 0.6 is 23.4 Å². The number of halogens is 1. The van der Waals surface area contributed by atoms with Crippen molar-refractivity contribution in [1.29, 1.82) is 0 Å². The lowest BCUT2D eigenvalue weighted by Gasteiger charge is -2.26. The minimum Gasteiger partial charge on any atom is -0.315 e. The van der Waals surface area contributed by atoms with Crippen LogP contribution in [-0.4, -0.2) is 39.5 Å². The van der Waals surface area contributed by atoms with Crippen LogP contribution in [0.1, 0.15) is 33.3 Å². The molecule has 0 radical (unpaired) electrons. The number of Topliss-reactive ketones (excluding diaryl/α,β-unsaturated/α-hetero) is 1. The van der Waals surface area contributed by atoms with Gasteiger partial charge in [0.15, 0.2) is 5.78 Å². The number of benzene rings is 3. The van der Waals surface area contributed by atoms with Gasteiger partial charge in [0, 0.05) is 29.3 Å². The van der Waals surface area contributed by atoms with Crippen molar-refractivity contribution in [1.82, 2.24) is 9.80 Å². The Hall–Kier alpha value is -2.76. The van der Waals surface area contributed by atoms with Gasteiger partial charge in [-0.1, -0.05) is 72.3 Å². The van der Waals surface area contributed by atoms with Crippen molar-refractivity contribution in [3.05, 3.63) is 107 Å². The smallest absolute Gasteiger partial charge is 0.315 e. The van der Waals surface area contributed by atoms with Gasteiger partial charge in [0.1, 0.15) is 5.37 Å². The highest BCUT2D eigenvalue weighted by Gasteiger charge is 2.52. The predicted octanol–water partition coefficient (Wildman–Crippen LogP) is 6.03. The first-order valence-corrected chi connectivity index (χ1v) is 12.1. The van der Waals surface area contributed by atoms with Gasteiger partial charge in [-0.2, -0.15) is 0 Å². The van der Waals surface area contributed by atoms with Crippen molar-refractivity contribution in [2.75, 3.05) is 5.75 Å². The minimum atomic E-state index is -0.174. The molecule has 2 fully saturated rings. The Balaban J connectivity index is 1.45. The molecule has 3 atom stereocenters. The maximum absolute atomic E-state index is 13.7. The number of fused-ring (bicyclic) bond motifs is 1. The van der Waals surface area contributed by atoms with E-state index in [-0.39, 0.29) is 29.3 Å². The number of hydrogen-bond donors (Lipinski definition) is 0. The van der Waals surface area contributed by atoms with Gasteiger partial charge in [-0.3, -0.25) is 4.79 Å². The van der Waals surface area contributed by atoms with E-state index >= 15 is 0 Å². The zero-order valence-corrected chi connectivity index (χ0v) is 19.0. The predicted molar refractivity (Wildman–Crippen MR) is 129 cm³/mol. The molecule has 2 aliphatic rings. The molecule has 0 bridgehead atoms. The number of nitrogens with zero attached hydrogens (tertiary/aromatic N) is 2. The van der Waals surface area contributed by atoms with Crippen LogP contribution in [0.2, 0.25) is 5.02 Å². The van der Waals surface area contributed by atoms with Gasteiger partial charge in [-0.25, -0.2) is 4.79 Å². The topological polar surface area (TPSA) is 40.6 Å². The Morgan fingerprint density at radius 3 is 2.28 bits per heavy atom. The minimum absolute atomic E-state index is 0.00216. The Kier molecular flexibility index (Phi) is 5.94. The van der Waals surface area contributed by atoms with Crippen LogP contribution in [-0.2, 0) is 6.54 Å². The fourth-order valence-electron chi connectivity index (χ4n) is 4.59. The van der Waals surface area contributed by atoms with E-state index < -0.39 is 0 Å². The van der Waals surface area contributed by atoms with E-state index in [0.717, 1.165) is 16.9 Å². The van der Waals surface area contributed by atoms with Gasteiger partial charge in [-0.05, 0) is 35.4 Å². The van der Waals surface area contributed by atoms with E-state index in [4.69, 9.17) is 11.6 Å². The lowest BCUT2D eigenvalue weighted by atomic mass is 9.98. The summed E-state index contributed by atoms with van der Waals surface area (Å²) in [5.41, 5.74) is 2.82. The molecule has 2 saturated heterocycles. The van der Waals surface area contributed by atoms with E-state index in [2.05, 4.69) is 12.1 Å². The molecule has 2 aliphatic heterocycles. The first-order chi connectivity index (χ1) is 15.6. The summed E-state index contributed by atoms with van der Waals surface area (Å²) < 4.78 is 0. The zero-order valence-electron chi connectivity index (χ0n) is 17.4. The molecule has 2 heterocycles. The molecule has 5 rings (SSSR count). The average Bonchev–Trinajstić information content (AvgIpc) is 3.36. The van der Waals surface area contributed by atoms with Crippen LogP contribution in [0, 0.1) is 0 Å². The molecule has 6 heteroatoms. The van der Waals surface area contributed by atoms with Crippen molar-refractivity contribution in [3.8, 4) is 0 Å². The molecule has 162 valence electrons. The number of hydrogen-bond acceptors (Lipinski definition) is 3. The van der Waals surface area contributed by atoms with Crippen LogP contribution in [0.15, 0.2) is 84.9 Å². The van der Waals surface area contributed by atoms with Crippen LogP contribution in [0.5, 0.6) is 0 Å². The third kappa shape index (κ3) is 4.03. The highest BCUT2D eigenvalue weighted by atomic mass is 35.5. The zero-order chi connectivity index (χ0) is 22.1. The fraction of sp³-hybridized carbons (Fsp3) is 0.231. The average molecular weight is 463 g/mol. The van der Waals surface area contributed by atoms with E-state index in [1.807, 2.05) is 58.3 Å². The standard InChI is InChI=1S/C26H23ClN2O2S/c27-21-13-11-19(12-14-21)24(30)15-22-23-17-32-25(20-9-5-2-6-10-20)29(23)26(31)28(22)16-18-7-3-1-4-8-18/h1-14,22-23,25H,15-17H2/t22-,23+,25-/m0/s1. The van der Waals surface area contributed by atoms with Gasteiger partial charge in [0.25, 0.3) is 0 Å². The van der Waals surface area contributed by atoms with Crippen molar-refractivity contribution < 1.29 is 9.59 Å². The molecule has 0 spiro atoms. The first-order valence-electron chi connectivity index (χ1n) is 10.7. The molecule has 0 aliphatic carbocycles. The number of carbonyl (C=O) groups excluding carboxylic acids is 2. The Bertz CT molecular complexity index is 1110. The Morgan fingerprint density at radius 1 is 0.938 bits per heavy atom. The summed E-state index contributed by atoms with van der Waals surface area (Å²) in [5, 5.41) is 0.579. The number of thioether (sulfide) groups is 1. The number of amides is 2. The van der Waals surface area contributed by atoms with E-state index in [0.29, 0.717) is 23.6 Å². The lowest BCUT2D eigenvalue weighted by Crippen LogP contribution is -2.38. The van der Waals surface area contributed by atoms with Crippen molar-refractivity contribution >= 4 is 35.2 Å². The lowest BCUT2D eigenvalue weighted by molar-refractivity contribution is 0.0941. The molecule has 3 aromatic rings. The van der Waals surface area contributed by atoms with Crippen LogP contribution in [0.3, 0.4) is 0 Å². The van der Waals surface area contributed by atoms with Crippen molar-refractivity contribution in [2.45, 2.75) is 30.4 Å². The molecule has 0 aromatic heterocycles. The molecule has 4 nitrogen and oxygen atoms in total. The molecule has 0 unspecified atom stereocenters. The molecular formula is C26H23ClN2O2S. The van der Waals surface area contributed by atoms with Crippen LogP contribution in [0.25, 0.3) is 0 Å². The normalized spacial score (nSPS) is 22.3. The number of ketones is 1. The van der Waals surface area contributed by atoms with Gasteiger partial charge in [0.05, 0.1) is 12.1 Å². The summed E-state index contributed by atoms with van der Waals surface area (Å²) >= 11 is 7.77. The molecule has 3 aromatic carbocycles. The van der Waals surface area contributed by atoms with Crippen LogP contribution in [0.4, 0.5) is 4.79 Å². The number of carbonyl (C=O) groups is 2. The molecule has 32 heavy (non-hydrogen) atoms.